The number of nitrogens with two attached hydrogens (primary N) is 1. The molecule has 0 fully saturated rings. The monoisotopic (exact) mass is 203 g/mol. The molecule has 2 aromatic rings. The van der Waals surface area contributed by atoms with Crippen molar-refractivity contribution in [2.75, 3.05) is 5.73 Å². The molecule has 1 aromatic heterocycles. The van der Waals surface area contributed by atoms with Crippen molar-refractivity contribution in [1.29, 1.82) is 0 Å². The number of nitrogens with zero attached hydrogens (tertiary/aromatic N) is 1. The van der Waals surface area contributed by atoms with E-state index in [1.807, 2.05) is 18.2 Å². The van der Waals surface area contributed by atoms with Crippen LogP contribution >= 0.6 is 0 Å². The van der Waals surface area contributed by atoms with Crippen molar-refractivity contribution in [3.05, 3.63) is 47.0 Å². The van der Waals surface area contributed by atoms with Gasteiger partial charge in [-0.3, -0.25) is 4.79 Å². The van der Waals surface area contributed by atoms with Gasteiger partial charge in [0.15, 0.2) is 5.69 Å². The molecule has 15 heavy (non-hydrogen) atoms. The number of ether oxygens (including phenoxy) is 1. The molecule has 1 heterocycles. The fourth-order valence-corrected chi connectivity index (χ4v) is 1.08. The Morgan fingerprint density at radius 3 is 2.73 bits per heavy atom. The number of anilines is 1. The van der Waals surface area contributed by atoms with E-state index in [4.69, 9.17) is 10.5 Å². The number of hydrogen-bond donors (Lipinski definition) is 2. The van der Waals surface area contributed by atoms with Gasteiger partial charge in [0, 0.05) is 0 Å². The highest BCUT2D eigenvalue weighted by Gasteiger charge is 2.05. The number of rotatable bonds is 2. The van der Waals surface area contributed by atoms with Gasteiger partial charge in [-0.2, -0.15) is 0 Å². The minimum absolute atomic E-state index is 0.0265. The number of H-pyrrole nitrogens is 1. The van der Waals surface area contributed by atoms with Gasteiger partial charge in [0.05, 0.1) is 6.33 Å². The second kappa shape index (κ2) is 3.83. The number of nitrogens with one attached hydrogen (secondary N) is 1. The van der Waals surface area contributed by atoms with Crippen LogP contribution in [0.1, 0.15) is 0 Å². The van der Waals surface area contributed by atoms with E-state index < -0.39 is 5.56 Å². The van der Waals surface area contributed by atoms with E-state index in [-0.39, 0.29) is 11.6 Å². The Hall–Kier alpha value is -2.30. The maximum Gasteiger partial charge on any atom is 0.277 e. The second-order valence-electron chi connectivity index (χ2n) is 2.87. The fraction of sp³-hybridized carbons (Fsp3) is 0. The van der Waals surface area contributed by atoms with Gasteiger partial charge in [-0.1, -0.05) is 18.2 Å². The zero-order valence-corrected chi connectivity index (χ0v) is 7.81. The standard InChI is InChI=1S/C10H9N3O2/c11-8-9(14)12-6-13-10(8)15-7-4-2-1-3-5-7/h1-6H,11H2,(H,12,13,14). The van der Waals surface area contributed by atoms with E-state index in [1.54, 1.807) is 12.1 Å². The third-order valence-corrected chi connectivity index (χ3v) is 1.81. The average molecular weight is 203 g/mol. The van der Waals surface area contributed by atoms with Crippen LogP contribution in [0.15, 0.2) is 41.5 Å². The Balaban J connectivity index is 2.33. The first-order chi connectivity index (χ1) is 7.27. The third-order valence-electron chi connectivity index (χ3n) is 1.81. The smallest absolute Gasteiger partial charge is 0.277 e. The Morgan fingerprint density at radius 2 is 2.00 bits per heavy atom. The van der Waals surface area contributed by atoms with E-state index in [0.717, 1.165) is 0 Å². The highest BCUT2D eigenvalue weighted by Crippen LogP contribution is 2.20. The lowest BCUT2D eigenvalue weighted by molar-refractivity contribution is 0.463. The van der Waals surface area contributed by atoms with Crippen molar-refractivity contribution in [1.82, 2.24) is 9.97 Å². The molecule has 3 N–H and O–H groups in total. The van der Waals surface area contributed by atoms with E-state index in [2.05, 4.69) is 9.97 Å². The number of aromatic nitrogens is 2. The molecule has 0 atom stereocenters. The van der Waals surface area contributed by atoms with Gasteiger partial charge in [0.25, 0.3) is 5.56 Å². The van der Waals surface area contributed by atoms with Crippen molar-refractivity contribution in [2.24, 2.45) is 0 Å². The summed E-state index contributed by atoms with van der Waals surface area (Å²) in [6.45, 7) is 0. The van der Waals surface area contributed by atoms with Crippen LogP contribution in [0.3, 0.4) is 0 Å². The minimum atomic E-state index is -0.407. The molecule has 0 amide bonds. The summed E-state index contributed by atoms with van der Waals surface area (Å²) in [5.41, 5.74) is 5.07. The van der Waals surface area contributed by atoms with Crippen molar-refractivity contribution >= 4 is 5.69 Å². The predicted molar refractivity (Wildman–Crippen MR) is 55.8 cm³/mol. The van der Waals surface area contributed by atoms with Crippen molar-refractivity contribution in [3.8, 4) is 11.6 Å². The highest BCUT2D eigenvalue weighted by molar-refractivity contribution is 5.46. The normalized spacial score (nSPS) is 9.87. The minimum Gasteiger partial charge on any atom is -0.437 e. The molecule has 1 aromatic carbocycles. The van der Waals surface area contributed by atoms with E-state index in [1.165, 1.54) is 6.33 Å². The molecule has 0 aliphatic carbocycles. The Bertz CT molecular complexity index is 508. The summed E-state index contributed by atoms with van der Waals surface area (Å²) < 4.78 is 5.33. The summed E-state index contributed by atoms with van der Waals surface area (Å²) in [6.07, 6.45) is 1.25. The Morgan fingerprint density at radius 1 is 1.27 bits per heavy atom. The van der Waals surface area contributed by atoms with Crippen LogP contribution in [-0.2, 0) is 0 Å². The lowest BCUT2D eigenvalue weighted by Crippen LogP contribution is -2.13. The largest absolute Gasteiger partial charge is 0.437 e. The molecular formula is C10H9N3O2. The molecule has 0 aliphatic heterocycles. The zero-order valence-electron chi connectivity index (χ0n) is 7.81. The first-order valence-corrected chi connectivity index (χ1v) is 4.33. The second-order valence-corrected chi connectivity index (χ2v) is 2.87. The van der Waals surface area contributed by atoms with Crippen LogP contribution in [0, 0.1) is 0 Å². The molecule has 0 bridgehead atoms. The molecule has 0 aliphatic rings. The van der Waals surface area contributed by atoms with Gasteiger partial charge < -0.3 is 15.5 Å². The third kappa shape index (κ3) is 1.96. The highest BCUT2D eigenvalue weighted by atomic mass is 16.5. The van der Waals surface area contributed by atoms with Crippen molar-refractivity contribution in [3.63, 3.8) is 0 Å². The molecule has 0 saturated heterocycles. The molecule has 5 heteroatoms. The summed E-state index contributed by atoms with van der Waals surface area (Å²) in [5, 5.41) is 0. The van der Waals surface area contributed by atoms with Gasteiger partial charge in [0.2, 0.25) is 5.88 Å². The molecule has 76 valence electrons. The maximum atomic E-state index is 11.1. The topological polar surface area (TPSA) is 81.0 Å². The van der Waals surface area contributed by atoms with Crippen LogP contribution in [0.4, 0.5) is 5.69 Å². The van der Waals surface area contributed by atoms with E-state index in [9.17, 15) is 4.79 Å². The summed E-state index contributed by atoms with van der Waals surface area (Å²) in [5.74, 6) is 0.701. The van der Waals surface area contributed by atoms with Crippen molar-refractivity contribution < 1.29 is 4.74 Å². The summed E-state index contributed by atoms with van der Waals surface area (Å²) in [6, 6.07) is 9.00. The van der Waals surface area contributed by atoms with Crippen LogP contribution in [0.2, 0.25) is 0 Å². The number of aromatic amines is 1. The van der Waals surface area contributed by atoms with Gasteiger partial charge in [-0.05, 0) is 12.1 Å². The number of hydrogen-bond acceptors (Lipinski definition) is 4. The molecule has 5 nitrogen and oxygen atoms in total. The first-order valence-electron chi connectivity index (χ1n) is 4.33. The fourth-order valence-electron chi connectivity index (χ4n) is 1.08. The Kier molecular flexibility index (Phi) is 2.37. The van der Waals surface area contributed by atoms with Gasteiger partial charge >= 0.3 is 0 Å². The van der Waals surface area contributed by atoms with Gasteiger partial charge in [0.1, 0.15) is 5.75 Å². The van der Waals surface area contributed by atoms with Crippen molar-refractivity contribution in [2.45, 2.75) is 0 Å². The number of para-hydroxylation sites is 1. The zero-order chi connectivity index (χ0) is 10.7. The summed E-state index contributed by atoms with van der Waals surface area (Å²) in [7, 11) is 0. The predicted octanol–water partition coefficient (Wildman–Crippen LogP) is 1.14. The Labute approximate surface area is 85.5 Å². The molecule has 0 saturated carbocycles. The number of nitrogen functional groups attached to an aromatic ring is 1. The molecular weight excluding hydrogens is 194 g/mol. The summed E-state index contributed by atoms with van der Waals surface area (Å²) in [4.78, 5) is 17.3. The lowest BCUT2D eigenvalue weighted by Gasteiger charge is -2.04. The molecule has 0 radical (unpaired) electrons. The van der Waals surface area contributed by atoms with Crippen LogP contribution < -0.4 is 16.0 Å². The van der Waals surface area contributed by atoms with E-state index >= 15 is 0 Å². The van der Waals surface area contributed by atoms with Crippen LogP contribution in [0.5, 0.6) is 11.6 Å². The van der Waals surface area contributed by atoms with Crippen LogP contribution in [-0.4, -0.2) is 9.97 Å². The maximum absolute atomic E-state index is 11.1. The molecule has 2 rings (SSSR count). The SMILES string of the molecule is Nc1c(Oc2ccccc2)nc[nH]c1=O. The van der Waals surface area contributed by atoms with Gasteiger partial charge in [-0.25, -0.2) is 4.98 Å². The average Bonchev–Trinajstić information content (AvgIpc) is 2.26. The summed E-state index contributed by atoms with van der Waals surface area (Å²) >= 11 is 0. The lowest BCUT2D eigenvalue weighted by atomic mass is 10.3. The number of benzene rings is 1. The molecule has 0 spiro atoms. The van der Waals surface area contributed by atoms with Gasteiger partial charge in [-0.15, -0.1) is 0 Å². The molecule has 0 unspecified atom stereocenters. The van der Waals surface area contributed by atoms with E-state index in [0.29, 0.717) is 5.75 Å². The quantitative estimate of drug-likeness (QED) is 0.767. The first kappa shape index (κ1) is 9.26. The van der Waals surface area contributed by atoms with Crippen LogP contribution in [0.25, 0.3) is 0 Å².